The second-order valence-electron chi connectivity index (χ2n) is 4.45. The molecule has 0 heterocycles. The summed E-state index contributed by atoms with van der Waals surface area (Å²) in [7, 11) is 0. The summed E-state index contributed by atoms with van der Waals surface area (Å²) < 4.78 is 5.57. The van der Waals surface area contributed by atoms with Gasteiger partial charge in [0.25, 0.3) is 0 Å². The maximum absolute atomic E-state index is 10.8. The molecule has 1 amide bonds. The van der Waals surface area contributed by atoms with Crippen molar-refractivity contribution < 1.29 is 9.53 Å². The van der Waals surface area contributed by atoms with Crippen LogP contribution >= 0.6 is 0 Å². The van der Waals surface area contributed by atoms with Gasteiger partial charge in [0.1, 0.15) is 5.75 Å². The number of benzene rings is 1. The molecule has 1 unspecified atom stereocenters. The highest BCUT2D eigenvalue weighted by Crippen LogP contribution is 2.13. The van der Waals surface area contributed by atoms with Gasteiger partial charge in [0.2, 0.25) is 5.91 Å². The van der Waals surface area contributed by atoms with E-state index in [4.69, 9.17) is 10.5 Å². The lowest BCUT2D eigenvalue weighted by molar-refractivity contribution is -0.118. The predicted octanol–water partition coefficient (Wildman–Crippen LogP) is 1.83. The Balaban J connectivity index is 2.44. The quantitative estimate of drug-likeness (QED) is 0.740. The largest absolute Gasteiger partial charge is 0.494 e. The molecule has 0 saturated carbocycles. The fraction of sp³-hybridized carbons (Fsp3) is 0.500. The van der Waals surface area contributed by atoms with E-state index in [-0.39, 0.29) is 11.9 Å². The molecule has 0 fully saturated rings. The second-order valence-corrected chi connectivity index (χ2v) is 4.45. The van der Waals surface area contributed by atoms with Crippen LogP contribution in [0.15, 0.2) is 24.3 Å². The van der Waals surface area contributed by atoms with Gasteiger partial charge in [-0.25, -0.2) is 0 Å². The molecular formula is C14H22N2O2. The van der Waals surface area contributed by atoms with Crippen LogP contribution in [-0.2, 0) is 11.3 Å². The van der Waals surface area contributed by atoms with Crippen LogP contribution in [0.2, 0.25) is 0 Å². The highest BCUT2D eigenvalue weighted by atomic mass is 16.5. The summed E-state index contributed by atoms with van der Waals surface area (Å²) in [4.78, 5) is 10.8. The summed E-state index contributed by atoms with van der Waals surface area (Å²) in [6.07, 6.45) is 1.35. The van der Waals surface area contributed by atoms with Gasteiger partial charge >= 0.3 is 0 Å². The minimum Gasteiger partial charge on any atom is -0.494 e. The van der Waals surface area contributed by atoms with Gasteiger partial charge in [0.05, 0.1) is 6.61 Å². The van der Waals surface area contributed by atoms with Crippen molar-refractivity contribution in [3.05, 3.63) is 29.8 Å². The third kappa shape index (κ3) is 5.68. The molecule has 1 aromatic carbocycles. The molecule has 0 aliphatic carbocycles. The minimum absolute atomic E-state index is 0.0858. The van der Waals surface area contributed by atoms with E-state index in [0.29, 0.717) is 13.0 Å². The Morgan fingerprint density at radius 2 is 2.28 bits per heavy atom. The summed E-state index contributed by atoms with van der Waals surface area (Å²) >= 11 is 0. The second kappa shape index (κ2) is 7.71. The fourth-order valence-electron chi connectivity index (χ4n) is 1.63. The molecule has 0 aliphatic rings. The predicted molar refractivity (Wildman–Crippen MR) is 72.3 cm³/mol. The van der Waals surface area contributed by atoms with Crippen molar-refractivity contribution in [1.82, 2.24) is 5.32 Å². The number of primary amides is 1. The molecular weight excluding hydrogens is 228 g/mol. The summed E-state index contributed by atoms with van der Waals surface area (Å²) in [5, 5.41) is 3.26. The van der Waals surface area contributed by atoms with E-state index < -0.39 is 0 Å². The van der Waals surface area contributed by atoms with E-state index in [2.05, 4.69) is 12.2 Å². The normalized spacial score (nSPS) is 12.1. The summed E-state index contributed by atoms with van der Waals surface area (Å²) in [6, 6.07) is 8.05. The average molecular weight is 250 g/mol. The molecule has 4 heteroatoms. The molecule has 0 bridgehead atoms. The molecule has 100 valence electrons. The Bertz CT molecular complexity index is 380. The van der Waals surface area contributed by atoms with Crippen molar-refractivity contribution in [3.8, 4) is 5.75 Å². The Hall–Kier alpha value is -1.55. The van der Waals surface area contributed by atoms with Crippen molar-refractivity contribution in [2.24, 2.45) is 5.73 Å². The maximum Gasteiger partial charge on any atom is 0.218 e. The van der Waals surface area contributed by atoms with Crippen LogP contribution in [0.5, 0.6) is 5.75 Å². The summed E-state index contributed by atoms with van der Waals surface area (Å²) in [5.41, 5.74) is 6.28. The summed E-state index contributed by atoms with van der Waals surface area (Å²) in [6.45, 7) is 5.46. The molecule has 4 nitrogen and oxygen atoms in total. The van der Waals surface area contributed by atoms with Crippen LogP contribution in [0.1, 0.15) is 32.3 Å². The zero-order valence-electron chi connectivity index (χ0n) is 11.1. The van der Waals surface area contributed by atoms with Crippen LogP contribution < -0.4 is 15.8 Å². The Labute approximate surface area is 109 Å². The average Bonchev–Trinajstić information content (AvgIpc) is 2.33. The molecule has 1 atom stereocenters. The van der Waals surface area contributed by atoms with Crippen molar-refractivity contribution in [2.45, 2.75) is 39.3 Å². The van der Waals surface area contributed by atoms with E-state index in [1.165, 1.54) is 0 Å². The number of hydrogen-bond donors (Lipinski definition) is 2. The maximum atomic E-state index is 10.8. The van der Waals surface area contributed by atoms with Crippen LogP contribution in [0, 0.1) is 0 Å². The zero-order chi connectivity index (χ0) is 13.4. The van der Waals surface area contributed by atoms with Crippen molar-refractivity contribution in [2.75, 3.05) is 6.61 Å². The lowest BCUT2D eigenvalue weighted by Crippen LogP contribution is -2.30. The zero-order valence-corrected chi connectivity index (χ0v) is 11.1. The van der Waals surface area contributed by atoms with E-state index in [1.54, 1.807) is 0 Å². The SMILES string of the molecule is CCCOc1cccc(CNC(C)CC(N)=O)c1. The first-order valence-corrected chi connectivity index (χ1v) is 6.35. The Morgan fingerprint density at radius 3 is 2.94 bits per heavy atom. The van der Waals surface area contributed by atoms with E-state index in [0.717, 1.165) is 24.3 Å². The van der Waals surface area contributed by atoms with Gasteiger partial charge in [-0.05, 0) is 31.0 Å². The van der Waals surface area contributed by atoms with E-state index in [9.17, 15) is 4.79 Å². The number of carbonyl (C=O) groups is 1. The van der Waals surface area contributed by atoms with E-state index >= 15 is 0 Å². The van der Waals surface area contributed by atoms with Gasteiger partial charge in [-0.15, -0.1) is 0 Å². The van der Waals surface area contributed by atoms with Crippen molar-refractivity contribution in [1.29, 1.82) is 0 Å². The van der Waals surface area contributed by atoms with Gasteiger partial charge in [0, 0.05) is 19.0 Å². The van der Waals surface area contributed by atoms with E-state index in [1.807, 2.05) is 31.2 Å². The summed E-state index contributed by atoms with van der Waals surface area (Å²) in [5.74, 6) is 0.605. The Morgan fingerprint density at radius 1 is 1.50 bits per heavy atom. The highest BCUT2D eigenvalue weighted by molar-refractivity contribution is 5.74. The number of nitrogens with two attached hydrogens (primary N) is 1. The number of carbonyl (C=O) groups excluding carboxylic acids is 1. The standard InChI is InChI=1S/C14H22N2O2/c1-3-7-18-13-6-4-5-12(9-13)10-16-11(2)8-14(15)17/h4-6,9,11,16H,3,7-8,10H2,1-2H3,(H2,15,17). The number of amides is 1. The third-order valence-electron chi connectivity index (χ3n) is 2.53. The number of hydrogen-bond acceptors (Lipinski definition) is 3. The molecule has 0 saturated heterocycles. The molecule has 18 heavy (non-hydrogen) atoms. The monoisotopic (exact) mass is 250 g/mol. The molecule has 0 aliphatic heterocycles. The number of nitrogens with one attached hydrogen (secondary N) is 1. The first kappa shape index (κ1) is 14.5. The van der Waals surface area contributed by atoms with Crippen LogP contribution in [0.4, 0.5) is 0 Å². The van der Waals surface area contributed by atoms with Gasteiger partial charge in [0.15, 0.2) is 0 Å². The fourth-order valence-corrected chi connectivity index (χ4v) is 1.63. The number of rotatable bonds is 8. The lowest BCUT2D eigenvalue weighted by Gasteiger charge is -2.12. The highest BCUT2D eigenvalue weighted by Gasteiger charge is 2.05. The smallest absolute Gasteiger partial charge is 0.218 e. The first-order chi connectivity index (χ1) is 8.61. The minimum atomic E-state index is -0.282. The topological polar surface area (TPSA) is 64.3 Å². The lowest BCUT2D eigenvalue weighted by atomic mass is 10.2. The van der Waals surface area contributed by atoms with Gasteiger partial charge in [-0.1, -0.05) is 19.1 Å². The molecule has 0 radical (unpaired) electrons. The van der Waals surface area contributed by atoms with Crippen LogP contribution in [-0.4, -0.2) is 18.6 Å². The van der Waals surface area contributed by atoms with Crippen molar-refractivity contribution >= 4 is 5.91 Å². The van der Waals surface area contributed by atoms with Crippen LogP contribution in [0.3, 0.4) is 0 Å². The van der Waals surface area contributed by atoms with Crippen LogP contribution in [0.25, 0.3) is 0 Å². The molecule has 1 aromatic rings. The van der Waals surface area contributed by atoms with Gasteiger partial charge in [-0.2, -0.15) is 0 Å². The molecule has 1 rings (SSSR count). The molecule has 0 aromatic heterocycles. The van der Waals surface area contributed by atoms with Gasteiger partial charge < -0.3 is 15.8 Å². The first-order valence-electron chi connectivity index (χ1n) is 6.35. The molecule has 3 N–H and O–H groups in total. The van der Waals surface area contributed by atoms with Crippen molar-refractivity contribution in [3.63, 3.8) is 0 Å². The number of ether oxygens (including phenoxy) is 1. The third-order valence-corrected chi connectivity index (χ3v) is 2.53. The Kier molecular flexibility index (Phi) is 6.22. The van der Waals surface area contributed by atoms with Gasteiger partial charge in [-0.3, -0.25) is 4.79 Å². The molecule has 0 spiro atoms.